The normalized spacial score (nSPS) is 16.0. The highest BCUT2D eigenvalue weighted by atomic mass is 35.5. The van der Waals surface area contributed by atoms with Crippen molar-refractivity contribution in [2.24, 2.45) is 5.92 Å². The average Bonchev–Trinajstić information content (AvgIpc) is 3.27. The zero-order chi connectivity index (χ0) is 17.5. The van der Waals surface area contributed by atoms with E-state index < -0.39 is 23.4 Å². The SMILES string of the molecule is CC(C)(C)OC(=O)N[C@H](c1nc2cccc(Cl)c2c(=O)o1)C1CC1. The van der Waals surface area contributed by atoms with Gasteiger partial charge in [0, 0.05) is 0 Å². The van der Waals surface area contributed by atoms with Gasteiger partial charge < -0.3 is 14.5 Å². The molecule has 0 aliphatic heterocycles. The van der Waals surface area contributed by atoms with E-state index >= 15 is 0 Å². The van der Waals surface area contributed by atoms with E-state index in [1.165, 1.54) is 0 Å². The van der Waals surface area contributed by atoms with E-state index in [-0.39, 0.29) is 17.2 Å². The molecule has 0 unspecified atom stereocenters. The van der Waals surface area contributed by atoms with Gasteiger partial charge in [0.1, 0.15) is 17.0 Å². The minimum Gasteiger partial charge on any atom is -0.444 e. The third-order valence-electron chi connectivity index (χ3n) is 3.66. The molecule has 0 saturated heterocycles. The topological polar surface area (TPSA) is 81.4 Å². The van der Waals surface area contributed by atoms with Gasteiger partial charge in [-0.1, -0.05) is 17.7 Å². The Hall–Kier alpha value is -2.08. The summed E-state index contributed by atoms with van der Waals surface area (Å²) in [7, 11) is 0. The summed E-state index contributed by atoms with van der Waals surface area (Å²) < 4.78 is 10.6. The van der Waals surface area contributed by atoms with Gasteiger partial charge in [-0.25, -0.2) is 14.6 Å². The van der Waals surface area contributed by atoms with Crippen LogP contribution in [0.15, 0.2) is 27.4 Å². The Bertz CT molecular complexity index is 837. The van der Waals surface area contributed by atoms with Gasteiger partial charge in [-0.2, -0.15) is 0 Å². The number of hydrogen-bond acceptors (Lipinski definition) is 5. The van der Waals surface area contributed by atoms with Crippen molar-refractivity contribution in [3.63, 3.8) is 0 Å². The van der Waals surface area contributed by atoms with E-state index in [0.29, 0.717) is 10.5 Å². The van der Waals surface area contributed by atoms with Crippen LogP contribution in [0.5, 0.6) is 0 Å². The summed E-state index contributed by atoms with van der Waals surface area (Å²) >= 11 is 6.04. The lowest BCUT2D eigenvalue weighted by Crippen LogP contribution is -2.36. The summed E-state index contributed by atoms with van der Waals surface area (Å²) in [5.41, 5.74) is -0.716. The fourth-order valence-electron chi connectivity index (χ4n) is 2.47. The standard InChI is InChI=1S/C17H19ClN2O4/c1-17(2,3)24-16(22)20-13(9-7-8-9)14-19-11-6-4-5-10(18)12(11)15(21)23-14/h4-6,9,13H,7-8H2,1-3H3,(H,20,22)/t13-/m0/s1. The first kappa shape index (κ1) is 16.8. The molecule has 1 fully saturated rings. The molecule has 0 radical (unpaired) electrons. The minimum absolute atomic E-state index is 0.183. The lowest BCUT2D eigenvalue weighted by molar-refractivity contribution is 0.0486. The molecule has 1 N–H and O–H groups in total. The Kier molecular flexibility index (Phi) is 4.25. The smallest absolute Gasteiger partial charge is 0.408 e. The molecule has 2 aromatic rings. The number of hydrogen-bond donors (Lipinski definition) is 1. The van der Waals surface area contributed by atoms with Crippen molar-refractivity contribution in [3.05, 3.63) is 39.5 Å². The molecule has 1 aliphatic rings. The second kappa shape index (κ2) is 6.09. The third kappa shape index (κ3) is 3.70. The predicted octanol–water partition coefficient (Wildman–Crippen LogP) is 3.82. The van der Waals surface area contributed by atoms with Crippen LogP contribution in [0.4, 0.5) is 4.79 Å². The molecule has 3 rings (SSSR count). The Balaban J connectivity index is 1.94. The number of benzene rings is 1. The lowest BCUT2D eigenvalue weighted by atomic mass is 10.1. The molecule has 1 aliphatic carbocycles. The maximum absolute atomic E-state index is 12.2. The second-order valence-electron chi connectivity index (χ2n) is 6.93. The molecule has 24 heavy (non-hydrogen) atoms. The molecule has 128 valence electrons. The summed E-state index contributed by atoms with van der Waals surface area (Å²) in [6.07, 6.45) is 1.30. The van der Waals surface area contributed by atoms with Crippen LogP contribution in [0.2, 0.25) is 5.02 Å². The van der Waals surface area contributed by atoms with Crippen LogP contribution >= 0.6 is 11.6 Å². The number of fused-ring (bicyclic) bond motifs is 1. The molecule has 0 bridgehead atoms. The number of aromatic nitrogens is 1. The van der Waals surface area contributed by atoms with Crippen molar-refractivity contribution in [1.29, 1.82) is 0 Å². The molecular formula is C17H19ClN2O4. The Morgan fingerprint density at radius 2 is 2.12 bits per heavy atom. The van der Waals surface area contributed by atoms with Gasteiger partial charge in [-0.05, 0) is 51.7 Å². The molecule has 1 aromatic carbocycles. The van der Waals surface area contributed by atoms with Crippen molar-refractivity contribution in [1.82, 2.24) is 10.3 Å². The maximum Gasteiger partial charge on any atom is 0.408 e. The summed E-state index contributed by atoms with van der Waals surface area (Å²) in [4.78, 5) is 28.7. The van der Waals surface area contributed by atoms with Crippen LogP contribution in [0, 0.1) is 5.92 Å². The molecule has 1 amide bonds. The summed E-state index contributed by atoms with van der Waals surface area (Å²) in [6.45, 7) is 5.36. The van der Waals surface area contributed by atoms with Crippen molar-refractivity contribution in [3.8, 4) is 0 Å². The molecule has 1 aromatic heterocycles. The summed E-state index contributed by atoms with van der Waals surface area (Å²) in [5, 5.41) is 3.31. The zero-order valence-corrected chi connectivity index (χ0v) is 14.5. The van der Waals surface area contributed by atoms with Crippen molar-refractivity contribution in [2.45, 2.75) is 45.3 Å². The summed E-state index contributed by atoms with van der Waals surface area (Å²) in [6, 6.07) is 4.53. The predicted molar refractivity (Wildman–Crippen MR) is 90.1 cm³/mol. The van der Waals surface area contributed by atoms with Crippen LogP contribution in [0.25, 0.3) is 10.9 Å². The first-order valence-corrected chi connectivity index (χ1v) is 8.21. The number of nitrogens with zero attached hydrogens (tertiary/aromatic N) is 1. The monoisotopic (exact) mass is 350 g/mol. The number of carbonyl (C=O) groups is 1. The van der Waals surface area contributed by atoms with Gasteiger partial charge in [0.25, 0.3) is 0 Å². The van der Waals surface area contributed by atoms with E-state index in [2.05, 4.69) is 10.3 Å². The molecule has 1 heterocycles. The molecule has 0 spiro atoms. The fourth-order valence-corrected chi connectivity index (χ4v) is 2.72. The van der Waals surface area contributed by atoms with Crippen molar-refractivity contribution >= 4 is 28.6 Å². The minimum atomic E-state index is -0.608. The number of nitrogens with one attached hydrogen (secondary N) is 1. The third-order valence-corrected chi connectivity index (χ3v) is 3.97. The summed E-state index contributed by atoms with van der Waals surface area (Å²) in [5.74, 6) is 0.368. The Morgan fingerprint density at radius 1 is 1.42 bits per heavy atom. The van der Waals surface area contributed by atoms with Gasteiger partial charge in [0.2, 0.25) is 5.89 Å². The largest absolute Gasteiger partial charge is 0.444 e. The van der Waals surface area contributed by atoms with E-state index in [1.807, 2.05) is 0 Å². The average molecular weight is 351 g/mol. The van der Waals surface area contributed by atoms with E-state index in [1.54, 1.807) is 39.0 Å². The Morgan fingerprint density at radius 3 is 2.75 bits per heavy atom. The lowest BCUT2D eigenvalue weighted by Gasteiger charge is -2.22. The molecule has 1 atom stereocenters. The van der Waals surface area contributed by atoms with Crippen molar-refractivity contribution < 1.29 is 13.9 Å². The number of alkyl carbamates (subject to hydrolysis) is 1. The van der Waals surface area contributed by atoms with Gasteiger partial charge >= 0.3 is 11.7 Å². The number of ether oxygens (including phenoxy) is 1. The number of carbonyl (C=O) groups excluding carboxylic acids is 1. The molecule has 1 saturated carbocycles. The first-order chi connectivity index (χ1) is 11.2. The van der Waals surface area contributed by atoms with Crippen molar-refractivity contribution in [2.75, 3.05) is 0 Å². The number of halogens is 1. The van der Waals surface area contributed by atoms with Crippen LogP contribution in [0.1, 0.15) is 45.5 Å². The highest BCUT2D eigenvalue weighted by Gasteiger charge is 2.37. The zero-order valence-electron chi connectivity index (χ0n) is 13.8. The second-order valence-corrected chi connectivity index (χ2v) is 7.34. The fraction of sp³-hybridized carbons (Fsp3) is 0.471. The highest BCUT2D eigenvalue weighted by molar-refractivity contribution is 6.35. The van der Waals surface area contributed by atoms with Crippen LogP contribution in [-0.2, 0) is 4.74 Å². The quantitative estimate of drug-likeness (QED) is 0.910. The maximum atomic E-state index is 12.2. The number of rotatable bonds is 3. The number of amides is 1. The first-order valence-electron chi connectivity index (χ1n) is 7.83. The van der Waals surface area contributed by atoms with Crippen LogP contribution in [0.3, 0.4) is 0 Å². The van der Waals surface area contributed by atoms with Gasteiger partial charge in [-0.3, -0.25) is 0 Å². The van der Waals surface area contributed by atoms with E-state index in [4.69, 9.17) is 20.8 Å². The van der Waals surface area contributed by atoms with E-state index in [0.717, 1.165) is 12.8 Å². The Labute approximate surface area is 144 Å². The molecule has 6 nitrogen and oxygen atoms in total. The van der Waals surface area contributed by atoms with Gasteiger partial charge in [0.05, 0.1) is 10.5 Å². The van der Waals surface area contributed by atoms with Gasteiger partial charge in [-0.15, -0.1) is 0 Å². The van der Waals surface area contributed by atoms with Crippen LogP contribution < -0.4 is 10.9 Å². The highest BCUT2D eigenvalue weighted by Crippen LogP contribution is 2.40. The van der Waals surface area contributed by atoms with Gasteiger partial charge in [0.15, 0.2) is 0 Å². The van der Waals surface area contributed by atoms with E-state index in [9.17, 15) is 9.59 Å². The molecular weight excluding hydrogens is 332 g/mol. The van der Waals surface area contributed by atoms with Crippen LogP contribution in [-0.4, -0.2) is 16.7 Å². The molecule has 7 heteroatoms.